The van der Waals surface area contributed by atoms with Crippen molar-refractivity contribution in [3.8, 4) is 11.8 Å². The van der Waals surface area contributed by atoms with Gasteiger partial charge in [-0.25, -0.2) is 0 Å². The third-order valence-corrected chi connectivity index (χ3v) is 8.43. The van der Waals surface area contributed by atoms with Crippen LogP contribution in [0, 0.1) is 32.1 Å². The minimum atomic E-state index is -0.487. The Balaban J connectivity index is 1.37. The van der Waals surface area contributed by atoms with E-state index in [1.54, 1.807) is 0 Å². The number of nitrogens with zero attached hydrogens (tertiary/aromatic N) is 1. The first-order valence-electron chi connectivity index (χ1n) is 13.8. The second kappa shape index (κ2) is 12.5. The maximum absolute atomic E-state index is 13.1. The summed E-state index contributed by atoms with van der Waals surface area (Å²) < 4.78 is 5.96. The fraction of sp³-hybridized carbons (Fsp3) is 0.265. The van der Waals surface area contributed by atoms with E-state index in [1.807, 2.05) is 87.5 Å². The van der Waals surface area contributed by atoms with Crippen molar-refractivity contribution in [1.29, 1.82) is 5.26 Å². The molecule has 5 rings (SSSR count). The van der Waals surface area contributed by atoms with Crippen molar-refractivity contribution in [2.75, 3.05) is 11.1 Å². The average Bonchev–Trinajstić information content (AvgIpc) is 2.97. The number of nitrogens with one attached hydrogen (secondary N) is 2. The van der Waals surface area contributed by atoms with E-state index in [0.717, 1.165) is 52.0 Å². The summed E-state index contributed by atoms with van der Waals surface area (Å²) in [6, 6.07) is 24.0. The second-order valence-corrected chi connectivity index (χ2v) is 11.5. The number of ketones is 1. The monoisotopic (exact) mass is 563 g/mol. The SMILES string of the molecule is Cc1cc(C)c(NC(=O)CSC2=C(C#N)[C@H](c3ccc(OCc4ccccc4)cc3)C3=C(CCCC3=O)N2)c(C)c1. The number of nitriles is 1. The average molecular weight is 564 g/mol. The molecule has 0 fully saturated rings. The van der Waals surface area contributed by atoms with E-state index in [-0.39, 0.29) is 17.4 Å². The number of ether oxygens (including phenoxy) is 1. The van der Waals surface area contributed by atoms with Crippen LogP contribution < -0.4 is 15.4 Å². The second-order valence-electron chi connectivity index (χ2n) is 10.5. The molecule has 0 bridgehead atoms. The van der Waals surface area contributed by atoms with E-state index >= 15 is 0 Å². The first-order chi connectivity index (χ1) is 19.8. The van der Waals surface area contributed by atoms with E-state index in [9.17, 15) is 14.9 Å². The zero-order valence-corrected chi connectivity index (χ0v) is 24.4. The third kappa shape index (κ3) is 6.39. The molecule has 0 unspecified atom stereocenters. The van der Waals surface area contributed by atoms with E-state index in [1.165, 1.54) is 11.8 Å². The summed E-state index contributed by atoms with van der Waals surface area (Å²) in [6.45, 7) is 6.46. The summed E-state index contributed by atoms with van der Waals surface area (Å²) in [7, 11) is 0. The molecule has 0 radical (unpaired) electrons. The summed E-state index contributed by atoms with van der Waals surface area (Å²) in [6.07, 6.45) is 1.95. The van der Waals surface area contributed by atoms with Crippen LogP contribution in [0.3, 0.4) is 0 Å². The molecule has 1 atom stereocenters. The highest BCUT2D eigenvalue weighted by Crippen LogP contribution is 2.44. The van der Waals surface area contributed by atoms with Crippen LogP contribution in [0.2, 0.25) is 0 Å². The van der Waals surface area contributed by atoms with Crippen molar-refractivity contribution in [3.63, 3.8) is 0 Å². The standard InChI is InChI=1S/C34H33N3O3S/c1-21-16-22(2)33(23(3)17-21)37-30(39)20-41-34-27(18-35)31(32-28(36-34)10-7-11-29(32)38)25-12-14-26(15-13-25)40-19-24-8-5-4-6-9-24/h4-6,8-9,12-17,31,36H,7,10-11,19-20H2,1-3H3,(H,37,39)/t31-/m0/s1. The molecule has 1 amide bonds. The number of hydrogen-bond acceptors (Lipinski definition) is 6. The number of benzene rings is 3. The number of dihydropyridines is 1. The summed E-state index contributed by atoms with van der Waals surface area (Å²) in [5.74, 6) is 0.279. The normalized spacial score (nSPS) is 16.5. The molecular weight excluding hydrogens is 530 g/mol. The zero-order chi connectivity index (χ0) is 28.9. The van der Waals surface area contributed by atoms with Crippen LogP contribution in [0.5, 0.6) is 5.75 Å². The number of allylic oxidation sites excluding steroid dienone is 3. The maximum atomic E-state index is 13.1. The fourth-order valence-electron chi connectivity index (χ4n) is 5.56. The van der Waals surface area contributed by atoms with Crippen molar-refractivity contribution >= 4 is 29.1 Å². The van der Waals surface area contributed by atoms with Gasteiger partial charge in [0.2, 0.25) is 5.91 Å². The van der Waals surface area contributed by atoms with Crippen LogP contribution in [0.1, 0.15) is 53.0 Å². The summed E-state index contributed by atoms with van der Waals surface area (Å²) >= 11 is 1.30. The smallest absolute Gasteiger partial charge is 0.234 e. The van der Waals surface area contributed by atoms with E-state index in [0.29, 0.717) is 35.0 Å². The van der Waals surface area contributed by atoms with E-state index < -0.39 is 5.92 Å². The third-order valence-electron chi connectivity index (χ3n) is 7.41. The molecule has 2 aliphatic rings. The molecular formula is C34H33N3O3S. The molecule has 208 valence electrons. The van der Waals surface area contributed by atoms with Gasteiger partial charge < -0.3 is 15.4 Å². The molecule has 0 spiro atoms. The number of Topliss-reactive ketones (excluding diaryl/α,β-unsaturated/α-hetero) is 1. The Kier molecular flexibility index (Phi) is 8.61. The number of carbonyl (C=O) groups excluding carboxylic acids is 2. The highest BCUT2D eigenvalue weighted by Gasteiger charge is 2.37. The van der Waals surface area contributed by atoms with Crippen LogP contribution in [0.25, 0.3) is 0 Å². The van der Waals surface area contributed by atoms with Crippen LogP contribution in [-0.4, -0.2) is 17.4 Å². The predicted octanol–water partition coefficient (Wildman–Crippen LogP) is 6.99. The lowest BCUT2D eigenvalue weighted by molar-refractivity contribution is -0.116. The largest absolute Gasteiger partial charge is 0.489 e. The molecule has 1 aliphatic carbocycles. The van der Waals surface area contributed by atoms with Gasteiger partial charge in [0, 0.05) is 23.4 Å². The molecule has 6 nitrogen and oxygen atoms in total. The number of rotatable bonds is 8. The van der Waals surface area contributed by atoms with Gasteiger partial charge in [-0.2, -0.15) is 5.26 Å². The van der Waals surface area contributed by atoms with Crippen molar-refractivity contribution in [3.05, 3.63) is 116 Å². The van der Waals surface area contributed by atoms with Crippen molar-refractivity contribution in [2.45, 2.75) is 52.6 Å². The highest BCUT2D eigenvalue weighted by atomic mass is 32.2. The quantitative estimate of drug-likeness (QED) is 0.307. The topological polar surface area (TPSA) is 91.2 Å². The molecule has 1 heterocycles. The van der Waals surface area contributed by atoms with Gasteiger partial charge in [-0.3, -0.25) is 9.59 Å². The van der Waals surface area contributed by atoms with Crippen molar-refractivity contribution in [2.24, 2.45) is 0 Å². The Morgan fingerprint density at radius 1 is 1.05 bits per heavy atom. The maximum Gasteiger partial charge on any atom is 0.234 e. The Labute approximate surface area is 245 Å². The van der Waals surface area contributed by atoms with Crippen LogP contribution in [0.4, 0.5) is 5.69 Å². The van der Waals surface area contributed by atoms with Crippen molar-refractivity contribution < 1.29 is 14.3 Å². The summed E-state index contributed by atoms with van der Waals surface area (Å²) in [4.78, 5) is 26.1. The van der Waals surface area contributed by atoms with Gasteiger partial charge in [0.25, 0.3) is 0 Å². The van der Waals surface area contributed by atoms with Crippen LogP contribution in [-0.2, 0) is 16.2 Å². The lowest BCUT2D eigenvalue weighted by Crippen LogP contribution is -2.31. The minimum Gasteiger partial charge on any atom is -0.489 e. The molecule has 7 heteroatoms. The van der Waals surface area contributed by atoms with Crippen molar-refractivity contribution in [1.82, 2.24) is 5.32 Å². The minimum absolute atomic E-state index is 0.0630. The number of thioether (sulfide) groups is 1. The Morgan fingerprint density at radius 3 is 2.44 bits per heavy atom. The predicted molar refractivity (Wildman–Crippen MR) is 163 cm³/mol. The number of carbonyl (C=O) groups is 2. The van der Waals surface area contributed by atoms with Crippen LogP contribution >= 0.6 is 11.8 Å². The van der Waals surface area contributed by atoms with Gasteiger partial charge in [-0.15, -0.1) is 0 Å². The van der Waals surface area contributed by atoms with Gasteiger partial charge in [0.15, 0.2) is 5.78 Å². The zero-order valence-electron chi connectivity index (χ0n) is 23.5. The molecule has 3 aromatic rings. The Hall–Kier alpha value is -4.28. The molecule has 0 aromatic heterocycles. The molecule has 0 saturated carbocycles. The van der Waals surface area contributed by atoms with Gasteiger partial charge in [-0.05, 0) is 68.0 Å². The molecule has 3 aromatic carbocycles. The Bertz CT molecular complexity index is 1560. The van der Waals surface area contributed by atoms with Gasteiger partial charge in [-0.1, -0.05) is 71.9 Å². The molecule has 0 saturated heterocycles. The van der Waals surface area contributed by atoms with Gasteiger partial charge in [0.05, 0.1) is 28.3 Å². The lowest BCUT2D eigenvalue weighted by Gasteiger charge is -2.33. The van der Waals surface area contributed by atoms with Gasteiger partial charge >= 0.3 is 0 Å². The fourth-order valence-corrected chi connectivity index (χ4v) is 6.42. The van der Waals surface area contributed by atoms with Crippen LogP contribution in [0.15, 0.2) is 88.6 Å². The summed E-state index contributed by atoms with van der Waals surface area (Å²) in [5.41, 5.74) is 7.89. The van der Waals surface area contributed by atoms with E-state index in [4.69, 9.17) is 4.74 Å². The summed E-state index contributed by atoms with van der Waals surface area (Å²) in [5, 5.41) is 17.3. The first kappa shape index (κ1) is 28.3. The lowest BCUT2D eigenvalue weighted by atomic mass is 9.77. The number of aryl methyl sites for hydroxylation is 3. The number of hydrogen-bond donors (Lipinski definition) is 2. The molecule has 2 N–H and O–H groups in total. The molecule has 41 heavy (non-hydrogen) atoms. The first-order valence-corrected chi connectivity index (χ1v) is 14.8. The van der Waals surface area contributed by atoms with Gasteiger partial charge in [0.1, 0.15) is 12.4 Å². The number of anilines is 1. The van der Waals surface area contributed by atoms with E-state index in [2.05, 4.69) is 16.7 Å². The Morgan fingerprint density at radius 2 is 1.76 bits per heavy atom. The number of amides is 1. The highest BCUT2D eigenvalue weighted by molar-refractivity contribution is 8.03. The molecule has 1 aliphatic heterocycles.